The third-order valence-electron chi connectivity index (χ3n) is 4.02. The molecule has 0 amide bonds. The molecule has 0 aromatic heterocycles. The zero-order valence-electron chi connectivity index (χ0n) is 11.0. The fraction of sp³-hybridized carbons (Fsp3) is 1.00. The second-order valence-electron chi connectivity index (χ2n) is 5.41. The Labute approximate surface area is 112 Å². The maximum absolute atomic E-state index is 5.24. The van der Waals surface area contributed by atoms with Crippen LogP contribution in [0, 0.1) is 11.8 Å². The van der Waals surface area contributed by atoms with Crippen LogP contribution in [0.3, 0.4) is 0 Å². The fourth-order valence-corrected chi connectivity index (χ4v) is 3.02. The van der Waals surface area contributed by atoms with E-state index >= 15 is 0 Å². The number of halogens is 1. The Bertz CT molecular complexity index is 190. The van der Waals surface area contributed by atoms with Crippen molar-refractivity contribution in [1.82, 2.24) is 10.2 Å². The minimum absolute atomic E-state index is 0. The van der Waals surface area contributed by atoms with Crippen molar-refractivity contribution >= 4 is 12.4 Å². The highest BCUT2D eigenvalue weighted by Gasteiger charge is 2.22. The summed E-state index contributed by atoms with van der Waals surface area (Å²) in [6.45, 7) is 7.30. The van der Waals surface area contributed by atoms with E-state index in [-0.39, 0.29) is 12.4 Å². The second kappa shape index (κ2) is 8.30. The molecule has 2 heterocycles. The van der Waals surface area contributed by atoms with Crippen molar-refractivity contribution in [2.45, 2.75) is 25.7 Å². The molecule has 1 atom stereocenters. The number of methoxy groups -OCH3 is 1. The van der Waals surface area contributed by atoms with Gasteiger partial charge in [-0.25, -0.2) is 0 Å². The van der Waals surface area contributed by atoms with Gasteiger partial charge in [0.2, 0.25) is 0 Å². The lowest BCUT2D eigenvalue weighted by Crippen LogP contribution is -2.42. The van der Waals surface area contributed by atoms with E-state index in [1.54, 1.807) is 0 Å². The highest BCUT2D eigenvalue weighted by Crippen LogP contribution is 2.20. The van der Waals surface area contributed by atoms with Gasteiger partial charge < -0.3 is 15.0 Å². The van der Waals surface area contributed by atoms with Crippen LogP contribution in [-0.4, -0.2) is 51.3 Å². The quantitative estimate of drug-likeness (QED) is 0.836. The lowest BCUT2D eigenvalue weighted by molar-refractivity contribution is 0.0900. The number of piperidine rings is 2. The van der Waals surface area contributed by atoms with Crippen LogP contribution in [-0.2, 0) is 4.74 Å². The average Bonchev–Trinajstić information content (AvgIpc) is 2.33. The molecule has 2 rings (SSSR count). The Hall–Kier alpha value is 0.170. The number of nitrogens with one attached hydrogen (secondary N) is 1. The lowest BCUT2D eigenvalue weighted by atomic mass is 9.94. The molecule has 3 nitrogen and oxygen atoms in total. The maximum Gasteiger partial charge on any atom is 0.0491 e. The lowest BCUT2D eigenvalue weighted by Gasteiger charge is -2.35. The van der Waals surface area contributed by atoms with E-state index in [0.29, 0.717) is 0 Å². The van der Waals surface area contributed by atoms with Gasteiger partial charge in [0.1, 0.15) is 0 Å². The van der Waals surface area contributed by atoms with Gasteiger partial charge in [0.25, 0.3) is 0 Å². The largest absolute Gasteiger partial charge is 0.384 e. The van der Waals surface area contributed by atoms with Crippen molar-refractivity contribution < 1.29 is 4.74 Å². The normalized spacial score (nSPS) is 27.7. The topological polar surface area (TPSA) is 24.5 Å². The van der Waals surface area contributed by atoms with E-state index in [0.717, 1.165) is 18.4 Å². The van der Waals surface area contributed by atoms with Crippen LogP contribution < -0.4 is 5.32 Å². The van der Waals surface area contributed by atoms with E-state index in [1.807, 2.05) is 7.11 Å². The van der Waals surface area contributed by atoms with E-state index in [1.165, 1.54) is 58.4 Å². The molecule has 0 aliphatic carbocycles. The molecule has 1 N–H and O–H groups in total. The van der Waals surface area contributed by atoms with Crippen LogP contribution in [0.1, 0.15) is 25.7 Å². The fourth-order valence-electron chi connectivity index (χ4n) is 3.02. The first-order chi connectivity index (χ1) is 7.88. The summed E-state index contributed by atoms with van der Waals surface area (Å²) in [5.41, 5.74) is 0. The molecule has 0 bridgehead atoms. The highest BCUT2D eigenvalue weighted by molar-refractivity contribution is 5.85. The van der Waals surface area contributed by atoms with Gasteiger partial charge in [0.05, 0.1) is 0 Å². The van der Waals surface area contributed by atoms with Crippen LogP contribution in [0.2, 0.25) is 0 Å². The Balaban J connectivity index is 0.00000144. The molecule has 0 aromatic rings. The molecule has 0 saturated carbocycles. The standard InChI is InChI=1S/C13H26N2O.ClH/c1-16-11-12-4-7-15(8-5-12)10-13-3-2-6-14-9-13;/h12-14H,2-11H2,1H3;1H. The minimum atomic E-state index is 0. The highest BCUT2D eigenvalue weighted by atomic mass is 35.5. The number of hydrogen-bond donors (Lipinski definition) is 1. The Morgan fingerprint density at radius 3 is 2.53 bits per heavy atom. The molecule has 2 aliphatic rings. The molecule has 102 valence electrons. The molecule has 1 unspecified atom stereocenters. The predicted octanol–water partition coefficient (Wildman–Crippen LogP) is 1.77. The third-order valence-corrected chi connectivity index (χ3v) is 4.02. The molecule has 4 heteroatoms. The Kier molecular flexibility index (Phi) is 7.44. The number of likely N-dealkylation sites (tertiary alicyclic amines) is 1. The summed E-state index contributed by atoms with van der Waals surface area (Å²) in [4.78, 5) is 2.66. The molecule has 17 heavy (non-hydrogen) atoms. The first-order valence-electron chi connectivity index (χ1n) is 6.80. The van der Waals surface area contributed by atoms with E-state index in [4.69, 9.17) is 4.74 Å². The van der Waals surface area contributed by atoms with Crippen LogP contribution >= 0.6 is 12.4 Å². The SMILES string of the molecule is COCC1CCN(CC2CCCNC2)CC1.Cl. The van der Waals surface area contributed by atoms with Crippen molar-refractivity contribution in [3.8, 4) is 0 Å². The van der Waals surface area contributed by atoms with E-state index in [2.05, 4.69) is 10.2 Å². The summed E-state index contributed by atoms with van der Waals surface area (Å²) in [6.07, 6.45) is 5.44. The summed E-state index contributed by atoms with van der Waals surface area (Å²) in [5, 5.41) is 3.51. The van der Waals surface area contributed by atoms with Crippen LogP contribution in [0.4, 0.5) is 0 Å². The van der Waals surface area contributed by atoms with Crippen LogP contribution in [0.25, 0.3) is 0 Å². The molecule has 0 radical (unpaired) electrons. The van der Waals surface area contributed by atoms with Gasteiger partial charge in [-0.2, -0.15) is 0 Å². The van der Waals surface area contributed by atoms with Gasteiger partial charge in [-0.05, 0) is 63.7 Å². The summed E-state index contributed by atoms with van der Waals surface area (Å²) in [7, 11) is 1.82. The van der Waals surface area contributed by atoms with Crippen molar-refractivity contribution in [2.75, 3.05) is 46.4 Å². The second-order valence-corrected chi connectivity index (χ2v) is 5.41. The van der Waals surface area contributed by atoms with Gasteiger partial charge in [-0.3, -0.25) is 0 Å². The summed E-state index contributed by atoms with van der Waals surface area (Å²) in [6, 6.07) is 0. The number of hydrogen-bond acceptors (Lipinski definition) is 3. The number of ether oxygens (including phenoxy) is 1. The molecule has 2 saturated heterocycles. The maximum atomic E-state index is 5.24. The first kappa shape index (κ1) is 15.2. The molecule has 2 fully saturated rings. The van der Waals surface area contributed by atoms with Crippen LogP contribution in [0.15, 0.2) is 0 Å². The van der Waals surface area contributed by atoms with Gasteiger partial charge >= 0.3 is 0 Å². The van der Waals surface area contributed by atoms with E-state index < -0.39 is 0 Å². The van der Waals surface area contributed by atoms with Gasteiger partial charge in [-0.15, -0.1) is 12.4 Å². The predicted molar refractivity (Wildman–Crippen MR) is 73.9 cm³/mol. The van der Waals surface area contributed by atoms with Crippen molar-refractivity contribution in [3.05, 3.63) is 0 Å². The number of nitrogens with zero attached hydrogens (tertiary/aromatic N) is 1. The molecular formula is C13H27ClN2O. The summed E-state index contributed by atoms with van der Waals surface area (Å²) >= 11 is 0. The van der Waals surface area contributed by atoms with Crippen molar-refractivity contribution in [3.63, 3.8) is 0 Å². The van der Waals surface area contributed by atoms with Gasteiger partial charge in [0, 0.05) is 20.3 Å². The molecule has 0 aromatic carbocycles. The van der Waals surface area contributed by atoms with Crippen LogP contribution in [0.5, 0.6) is 0 Å². The summed E-state index contributed by atoms with van der Waals surface area (Å²) < 4.78 is 5.24. The Morgan fingerprint density at radius 2 is 1.94 bits per heavy atom. The molecule has 2 aliphatic heterocycles. The molecular weight excluding hydrogens is 236 g/mol. The van der Waals surface area contributed by atoms with E-state index in [9.17, 15) is 0 Å². The number of rotatable bonds is 4. The smallest absolute Gasteiger partial charge is 0.0491 e. The molecule has 0 spiro atoms. The zero-order chi connectivity index (χ0) is 11.2. The monoisotopic (exact) mass is 262 g/mol. The minimum Gasteiger partial charge on any atom is -0.384 e. The van der Waals surface area contributed by atoms with Crippen molar-refractivity contribution in [2.24, 2.45) is 11.8 Å². The van der Waals surface area contributed by atoms with Gasteiger partial charge in [0.15, 0.2) is 0 Å². The zero-order valence-corrected chi connectivity index (χ0v) is 11.8. The van der Waals surface area contributed by atoms with Gasteiger partial charge in [-0.1, -0.05) is 0 Å². The Morgan fingerprint density at radius 1 is 1.18 bits per heavy atom. The average molecular weight is 263 g/mol. The first-order valence-corrected chi connectivity index (χ1v) is 6.80. The summed E-state index contributed by atoms with van der Waals surface area (Å²) in [5.74, 6) is 1.71. The van der Waals surface area contributed by atoms with Crippen molar-refractivity contribution in [1.29, 1.82) is 0 Å². The third kappa shape index (κ3) is 5.12.